The van der Waals surface area contributed by atoms with Crippen LogP contribution in [0.25, 0.3) is 32.9 Å². The predicted octanol–water partition coefficient (Wildman–Crippen LogP) is 8.08. The highest BCUT2D eigenvalue weighted by atomic mass is 19.1. The maximum absolute atomic E-state index is 17.6. The monoisotopic (exact) mass is 832 g/mol. The van der Waals surface area contributed by atoms with Gasteiger partial charge in [0.15, 0.2) is 12.6 Å². The zero-order valence-electron chi connectivity index (χ0n) is 35.9. The number of anilines is 1. The molecule has 5 heterocycles. The SMILES string of the molecule is COCOc1cc(-c2ncc3c(N4CCC[C@@H](NC(=O)OC(C)(C)C)C4)nc(OC[C@@]45CCCN4C[C@H](F)C5)nc3c2F)c2c(CCCC(=O)OC(C)(C)C)cccc2c1. The molecule has 13 nitrogen and oxygen atoms in total. The second-order valence-corrected chi connectivity index (χ2v) is 18.3. The van der Waals surface area contributed by atoms with Crippen LogP contribution in [0, 0.1) is 5.82 Å². The fraction of sp³-hybridized carbons (Fsp3) is 0.578. The summed E-state index contributed by atoms with van der Waals surface area (Å²) in [6, 6.07) is 9.15. The Balaban J connectivity index is 1.29. The van der Waals surface area contributed by atoms with E-state index >= 15 is 4.39 Å². The molecule has 15 heteroatoms. The molecule has 3 saturated heterocycles. The maximum atomic E-state index is 17.6. The van der Waals surface area contributed by atoms with Gasteiger partial charge in [-0.25, -0.2) is 13.6 Å². The lowest BCUT2D eigenvalue weighted by Gasteiger charge is -2.35. The van der Waals surface area contributed by atoms with Crippen LogP contribution in [0.2, 0.25) is 0 Å². The number of fused-ring (bicyclic) bond motifs is 3. The molecule has 1 N–H and O–H groups in total. The molecule has 3 fully saturated rings. The van der Waals surface area contributed by atoms with Crippen molar-refractivity contribution in [3.8, 4) is 23.0 Å². The summed E-state index contributed by atoms with van der Waals surface area (Å²) >= 11 is 0. The number of nitrogens with zero attached hydrogens (tertiary/aromatic N) is 5. The number of alkyl carbamates (subject to hydrolysis) is 1. The Kier molecular flexibility index (Phi) is 12.7. The normalized spacial score (nSPS) is 21.0. The average molecular weight is 833 g/mol. The highest BCUT2D eigenvalue weighted by Crippen LogP contribution is 2.42. The molecule has 60 heavy (non-hydrogen) atoms. The number of hydrogen-bond acceptors (Lipinski definition) is 12. The highest BCUT2D eigenvalue weighted by molar-refractivity contribution is 6.01. The minimum Gasteiger partial charge on any atom is -0.468 e. The fourth-order valence-corrected chi connectivity index (χ4v) is 8.82. The summed E-state index contributed by atoms with van der Waals surface area (Å²) in [4.78, 5) is 43.9. The Labute approximate surface area is 350 Å². The Morgan fingerprint density at radius 2 is 1.80 bits per heavy atom. The molecule has 0 saturated carbocycles. The molecule has 324 valence electrons. The van der Waals surface area contributed by atoms with Gasteiger partial charge in [0.2, 0.25) is 0 Å². The lowest BCUT2D eigenvalue weighted by atomic mass is 9.93. The molecule has 2 aromatic heterocycles. The number of esters is 1. The number of rotatable bonds is 13. The van der Waals surface area contributed by atoms with Crippen molar-refractivity contribution >= 4 is 39.6 Å². The van der Waals surface area contributed by atoms with E-state index in [1.165, 1.54) is 7.11 Å². The number of carbonyl (C=O) groups is 2. The Morgan fingerprint density at radius 3 is 2.57 bits per heavy atom. The summed E-state index contributed by atoms with van der Waals surface area (Å²) in [5, 5.41) is 4.92. The van der Waals surface area contributed by atoms with Crippen molar-refractivity contribution in [3.05, 3.63) is 47.9 Å². The standard InChI is InChI=1S/C45H58F2N6O7/c1-43(2,3)59-35(54)16-9-13-28-12-8-14-29-20-32(58-27-56-7)21-33(36(28)29)38-37(47)39-34(23-48-38)40(52-18-10-15-31(25-52)49-42(55)60-44(4,5)6)51-41(50-39)57-26-45-17-11-19-53(45)24-30(46)22-45/h8,12,14,20-21,23,30-31H,9-11,13,15-19,22,24-27H2,1-7H3,(H,49,55)/t30-,31-,45+/m1/s1. The van der Waals surface area contributed by atoms with Crippen molar-refractivity contribution in [1.29, 1.82) is 0 Å². The van der Waals surface area contributed by atoms with Crippen molar-refractivity contribution in [2.75, 3.05) is 51.6 Å². The molecular weight excluding hydrogens is 775 g/mol. The van der Waals surface area contributed by atoms with E-state index in [1.54, 1.807) is 12.3 Å². The molecule has 7 rings (SSSR count). The summed E-state index contributed by atoms with van der Waals surface area (Å²) < 4.78 is 60.9. The summed E-state index contributed by atoms with van der Waals surface area (Å²) in [5.74, 6) is -0.0872. The van der Waals surface area contributed by atoms with Gasteiger partial charge < -0.3 is 33.9 Å². The number of pyridine rings is 1. The van der Waals surface area contributed by atoms with Gasteiger partial charge in [-0.05, 0) is 115 Å². The number of halogens is 2. The second-order valence-electron chi connectivity index (χ2n) is 18.3. The number of amides is 1. The van der Waals surface area contributed by atoms with E-state index in [-0.39, 0.29) is 49.1 Å². The number of piperidine rings is 1. The minimum absolute atomic E-state index is 0.0107. The van der Waals surface area contributed by atoms with E-state index in [2.05, 4.69) is 10.2 Å². The molecule has 3 aliphatic heterocycles. The van der Waals surface area contributed by atoms with Crippen LogP contribution in [0.4, 0.5) is 19.4 Å². The number of ether oxygens (including phenoxy) is 5. The quantitative estimate of drug-likeness (QED) is 0.103. The summed E-state index contributed by atoms with van der Waals surface area (Å²) in [6.45, 7) is 13.2. The molecule has 3 aliphatic rings. The molecule has 0 unspecified atom stereocenters. The number of methoxy groups -OCH3 is 1. The number of carbonyl (C=O) groups excluding carboxylic acids is 2. The van der Waals surface area contributed by atoms with Crippen molar-refractivity contribution in [1.82, 2.24) is 25.2 Å². The van der Waals surface area contributed by atoms with Crippen LogP contribution in [0.15, 0.2) is 36.5 Å². The third kappa shape index (κ3) is 10.00. The van der Waals surface area contributed by atoms with Crippen LogP contribution in [-0.2, 0) is 25.4 Å². The molecule has 0 spiro atoms. The van der Waals surface area contributed by atoms with E-state index in [4.69, 9.17) is 38.6 Å². The van der Waals surface area contributed by atoms with E-state index in [9.17, 15) is 14.0 Å². The summed E-state index contributed by atoms with van der Waals surface area (Å²) in [7, 11) is 1.52. The van der Waals surface area contributed by atoms with Gasteiger partial charge in [0.25, 0.3) is 0 Å². The Hall–Kier alpha value is -4.89. The molecule has 4 aromatic rings. The molecule has 3 atom stereocenters. The summed E-state index contributed by atoms with van der Waals surface area (Å²) in [5.41, 5.74) is -0.290. The van der Waals surface area contributed by atoms with E-state index in [1.807, 2.05) is 70.7 Å². The first-order valence-corrected chi connectivity index (χ1v) is 21.0. The van der Waals surface area contributed by atoms with Crippen molar-refractivity contribution in [2.45, 2.75) is 122 Å². The number of benzene rings is 2. The van der Waals surface area contributed by atoms with Crippen molar-refractivity contribution in [2.24, 2.45) is 0 Å². The van der Waals surface area contributed by atoms with Crippen LogP contribution in [0.3, 0.4) is 0 Å². The van der Waals surface area contributed by atoms with Crippen LogP contribution in [-0.4, -0.2) is 108 Å². The molecule has 2 aromatic carbocycles. The molecular formula is C45H58F2N6O7. The second kappa shape index (κ2) is 17.6. The van der Waals surface area contributed by atoms with Gasteiger partial charge in [-0.1, -0.05) is 18.2 Å². The highest BCUT2D eigenvalue weighted by Gasteiger charge is 2.49. The Morgan fingerprint density at radius 1 is 1.00 bits per heavy atom. The third-order valence-corrected chi connectivity index (χ3v) is 11.2. The first-order chi connectivity index (χ1) is 28.5. The number of hydrogen-bond donors (Lipinski definition) is 1. The molecule has 1 amide bonds. The number of alkyl halides is 1. The molecule has 0 radical (unpaired) electrons. The first kappa shape index (κ1) is 43.2. The third-order valence-electron chi connectivity index (χ3n) is 11.2. The van der Waals surface area contributed by atoms with Crippen molar-refractivity contribution < 1.29 is 42.1 Å². The Bertz CT molecular complexity index is 2210. The van der Waals surface area contributed by atoms with E-state index in [0.717, 1.165) is 48.6 Å². The van der Waals surface area contributed by atoms with Gasteiger partial charge in [0, 0.05) is 57.4 Å². The average Bonchev–Trinajstić information content (AvgIpc) is 3.70. The van der Waals surface area contributed by atoms with Crippen LogP contribution < -0.4 is 19.7 Å². The number of aromatic nitrogens is 3. The smallest absolute Gasteiger partial charge is 0.407 e. The van der Waals surface area contributed by atoms with E-state index in [0.29, 0.717) is 61.4 Å². The summed E-state index contributed by atoms with van der Waals surface area (Å²) in [6.07, 6.45) is 4.90. The van der Waals surface area contributed by atoms with Gasteiger partial charge >= 0.3 is 18.1 Å². The van der Waals surface area contributed by atoms with Crippen LogP contribution in [0.5, 0.6) is 11.8 Å². The molecule has 0 aliphatic carbocycles. The minimum atomic E-state index is -0.948. The first-order valence-electron chi connectivity index (χ1n) is 21.0. The van der Waals surface area contributed by atoms with Crippen molar-refractivity contribution in [3.63, 3.8) is 0 Å². The van der Waals surface area contributed by atoms with Gasteiger partial charge in [-0.2, -0.15) is 9.97 Å². The maximum Gasteiger partial charge on any atom is 0.407 e. The predicted molar refractivity (Wildman–Crippen MR) is 225 cm³/mol. The number of aryl methyl sites for hydroxylation is 1. The van der Waals surface area contributed by atoms with E-state index < -0.39 is 34.8 Å². The lowest BCUT2D eigenvalue weighted by Crippen LogP contribution is -2.49. The van der Waals surface area contributed by atoms with Gasteiger partial charge in [0.05, 0.1) is 10.9 Å². The largest absolute Gasteiger partial charge is 0.468 e. The topological polar surface area (TPSA) is 137 Å². The van der Waals surface area contributed by atoms with Crippen LogP contribution >= 0.6 is 0 Å². The van der Waals surface area contributed by atoms with Gasteiger partial charge in [0.1, 0.15) is 46.8 Å². The molecule has 0 bridgehead atoms. The van der Waals surface area contributed by atoms with Gasteiger partial charge in [-0.3, -0.25) is 14.7 Å². The fourth-order valence-electron chi connectivity index (χ4n) is 8.82. The van der Waals surface area contributed by atoms with Gasteiger partial charge in [-0.15, -0.1) is 0 Å². The number of nitrogens with one attached hydrogen (secondary N) is 1. The lowest BCUT2D eigenvalue weighted by molar-refractivity contribution is -0.154. The zero-order valence-corrected chi connectivity index (χ0v) is 35.9. The van der Waals surface area contributed by atoms with Crippen LogP contribution in [0.1, 0.15) is 92.1 Å². The zero-order chi connectivity index (χ0) is 42.8.